The highest BCUT2D eigenvalue weighted by molar-refractivity contribution is 8.00. The van der Waals surface area contributed by atoms with Crippen LogP contribution in [0.5, 0.6) is 0 Å². The predicted octanol–water partition coefficient (Wildman–Crippen LogP) is 2.59. The number of nitrogens with zero attached hydrogens (tertiary/aromatic N) is 3. The average Bonchev–Trinajstić information content (AvgIpc) is 3.02. The first kappa shape index (κ1) is 14.3. The molecule has 0 saturated heterocycles. The average molecular weight is 310 g/mol. The topological polar surface area (TPSA) is 73.8 Å². The van der Waals surface area contributed by atoms with Gasteiger partial charge in [-0.25, -0.2) is 0 Å². The van der Waals surface area contributed by atoms with Gasteiger partial charge >= 0.3 is 0 Å². The molecule has 0 saturated carbocycles. The molecule has 1 amide bonds. The van der Waals surface area contributed by atoms with Crippen molar-refractivity contribution in [1.29, 1.82) is 0 Å². The van der Waals surface area contributed by atoms with Crippen molar-refractivity contribution >= 4 is 17.7 Å². The Labute approximate surface area is 132 Å². The fourth-order valence-corrected chi connectivity index (χ4v) is 3.07. The Kier molecular flexibility index (Phi) is 4.20. The van der Waals surface area contributed by atoms with E-state index in [1.165, 1.54) is 11.8 Å². The number of aromatic nitrogens is 3. The van der Waals surface area contributed by atoms with E-state index >= 15 is 0 Å². The highest BCUT2D eigenvalue weighted by Gasteiger charge is 2.22. The van der Waals surface area contributed by atoms with E-state index in [9.17, 15) is 4.79 Å². The Balaban J connectivity index is 1.92. The summed E-state index contributed by atoms with van der Waals surface area (Å²) in [5.74, 6) is -0.404. The minimum atomic E-state index is -0.507. The molecule has 1 heterocycles. The molecule has 2 N–H and O–H groups in total. The molecule has 0 spiro atoms. The lowest BCUT2D eigenvalue weighted by Gasteiger charge is -2.13. The second-order valence-electron chi connectivity index (χ2n) is 4.63. The van der Waals surface area contributed by atoms with Gasteiger partial charge in [-0.15, -0.1) is 10.2 Å². The van der Waals surface area contributed by atoms with Gasteiger partial charge in [-0.3, -0.25) is 9.36 Å². The summed E-state index contributed by atoms with van der Waals surface area (Å²) in [6.45, 7) is 0. The number of para-hydroxylation sites is 1. The molecule has 3 aromatic rings. The number of hydrogen-bond donors (Lipinski definition) is 1. The number of benzene rings is 2. The van der Waals surface area contributed by atoms with Crippen molar-refractivity contribution in [3.05, 3.63) is 72.6 Å². The van der Waals surface area contributed by atoms with Crippen molar-refractivity contribution < 1.29 is 4.79 Å². The summed E-state index contributed by atoms with van der Waals surface area (Å²) in [4.78, 5) is 11.8. The Morgan fingerprint density at radius 2 is 1.68 bits per heavy atom. The van der Waals surface area contributed by atoms with Gasteiger partial charge in [0.1, 0.15) is 11.6 Å². The zero-order chi connectivity index (χ0) is 15.4. The first-order chi connectivity index (χ1) is 10.8. The van der Waals surface area contributed by atoms with Gasteiger partial charge in [0.15, 0.2) is 5.16 Å². The molecule has 0 fully saturated rings. The van der Waals surface area contributed by atoms with E-state index in [1.54, 1.807) is 6.33 Å². The molecule has 6 heteroatoms. The van der Waals surface area contributed by atoms with Crippen molar-refractivity contribution in [2.45, 2.75) is 10.4 Å². The van der Waals surface area contributed by atoms with Crippen LogP contribution in [0.4, 0.5) is 0 Å². The van der Waals surface area contributed by atoms with Crippen LogP contribution in [0.3, 0.4) is 0 Å². The first-order valence-electron chi connectivity index (χ1n) is 6.72. The number of carbonyl (C=O) groups excluding carboxylic acids is 1. The quantitative estimate of drug-likeness (QED) is 0.735. The molecular formula is C16H14N4OS. The Bertz CT molecular complexity index is 758. The van der Waals surface area contributed by atoms with Crippen LogP contribution in [0, 0.1) is 0 Å². The molecular weight excluding hydrogens is 296 g/mol. The molecule has 22 heavy (non-hydrogen) atoms. The lowest BCUT2D eigenvalue weighted by Crippen LogP contribution is -2.19. The van der Waals surface area contributed by atoms with Gasteiger partial charge in [0.25, 0.3) is 0 Å². The van der Waals surface area contributed by atoms with Crippen LogP contribution >= 0.6 is 11.8 Å². The molecule has 2 aromatic carbocycles. The third kappa shape index (κ3) is 3.01. The molecule has 1 aromatic heterocycles. The molecule has 0 aliphatic carbocycles. The highest BCUT2D eigenvalue weighted by Crippen LogP contribution is 2.34. The van der Waals surface area contributed by atoms with E-state index in [0.29, 0.717) is 5.16 Å². The van der Waals surface area contributed by atoms with Crippen LogP contribution < -0.4 is 5.73 Å². The summed E-state index contributed by atoms with van der Waals surface area (Å²) in [5, 5.41) is 8.17. The first-order valence-corrected chi connectivity index (χ1v) is 7.60. The number of hydrogen-bond acceptors (Lipinski definition) is 4. The number of primary amides is 1. The lowest BCUT2D eigenvalue weighted by atomic mass is 10.1. The Morgan fingerprint density at radius 3 is 2.32 bits per heavy atom. The van der Waals surface area contributed by atoms with Crippen molar-refractivity contribution in [3.63, 3.8) is 0 Å². The van der Waals surface area contributed by atoms with E-state index < -0.39 is 11.2 Å². The molecule has 0 aliphatic heterocycles. The smallest absolute Gasteiger partial charge is 0.235 e. The monoisotopic (exact) mass is 310 g/mol. The maximum atomic E-state index is 11.8. The third-order valence-electron chi connectivity index (χ3n) is 3.13. The maximum absolute atomic E-state index is 11.8. The summed E-state index contributed by atoms with van der Waals surface area (Å²) in [6.07, 6.45) is 1.63. The van der Waals surface area contributed by atoms with Crippen molar-refractivity contribution in [2.24, 2.45) is 5.73 Å². The predicted molar refractivity (Wildman–Crippen MR) is 85.6 cm³/mol. The van der Waals surface area contributed by atoms with Crippen LogP contribution in [0.2, 0.25) is 0 Å². The Hall–Kier alpha value is -2.60. The van der Waals surface area contributed by atoms with Gasteiger partial charge in [-0.2, -0.15) is 0 Å². The number of carbonyl (C=O) groups is 1. The number of amides is 1. The standard InChI is InChI=1S/C16H14N4OS/c17-15(21)14(12-7-3-1-4-8-12)22-16-19-18-11-20(16)13-9-5-2-6-10-13/h1-11,14H,(H2,17,21). The molecule has 1 unspecified atom stereocenters. The summed E-state index contributed by atoms with van der Waals surface area (Å²) in [5.41, 5.74) is 7.34. The van der Waals surface area contributed by atoms with E-state index in [0.717, 1.165) is 11.3 Å². The van der Waals surface area contributed by atoms with E-state index in [-0.39, 0.29) is 0 Å². The summed E-state index contributed by atoms with van der Waals surface area (Å²) < 4.78 is 1.84. The maximum Gasteiger partial charge on any atom is 0.235 e. The Morgan fingerprint density at radius 1 is 1.05 bits per heavy atom. The van der Waals surface area contributed by atoms with Crippen LogP contribution in [-0.2, 0) is 4.79 Å². The van der Waals surface area contributed by atoms with Gasteiger partial charge < -0.3 is 5.73 Å². The van der Waals surface area contributed by atoms with Crippen molar-refractivity contribution in [2.75, 3.05) is 0 Å². The molecule has 3 rings (SSSR count). The largest absolute Gasteiger partial charge is 0.368 e. The van der Waals surface area contributed by atoms with Crippen molar-refractivity contribution in [1.82, 2.24) is 14.8 Å². The molecule has 110 valence electrons. The minimum absolute atomic E-state index is 0.404. The van der Waals surface area contributed by atoms with Gasteiger partial charge in [-0.05, 0) is 17.7 Å². The van der Waals surface area contributed by atoms with Crippen LogP contribution in [0.1, 0.15) is 10.8 Å². The van der Waals surface area contributed by atoms with E-state index in [4.69, 9.17) is 5.73 Å². The second-order valence-corrected chi connectivity index (χ2v) is 5.70. The number of nitrogens with two attached hydrogens (primary N) is 1. The van der Waals surface area contributed by atoms with Crippen LogP contribution in [0.25, 0.3) is 5.69 Å². The van der Waals surface area contributed by atoms with Crippen LogP contribution in [0.15, 0.2) is 72.1 Å². The summed E-state index contributed by atoms with van der Waals surface area (Å²) >= 11 is 1.29. The number of rotatable bonds is 5. The molecule has 1 atom stereocenters. The third-order valence-corrected chi connectivity index (χ3v) is 4.36. The molecule has 5 nitrogen and oxygen atoms in total. The van der Waals surface area contributed by atoms with Gasteiger partial charge in [-0.1, -0.05) is 60.3 Å². The zero-order valence-electron chi connectivity index (χ0n) is 11.7. The van der Waals surface area contributed by atoms with E-state index in [1.807, 2.05) is 65.2 Å². The fourth-order valence-electron chi connectivity index (χ4n) is 2.09. The van der Waals surface area contributed by atoms with Crippen LogP contribution in [-0.4, -0.2) is 20.7 Å². The summed E-state index contributed by atoms with van der Waals surface area (Å²) in [7, 11) is 0. The van der Waals surface area contributed by atoms with Gasteiger partial charge in [0.05, 0.1) is 0 Å². The lowest BCUT2D eigenvalue weighted by molar-refractivity contribution is -0.117. The second kappa shape index (κ2) is 6.44. The molecule has 0 bridgehead atoms. The van der Waals surface area contributed by atoms with Gasteiger partial charge in [0, 0.05) is 5.69 Å². The number of thioether (sulfide) groups is 1. The minimum Gasteiger partial charge on any atom is -0.368 e. The van der Waals surface area contributed by atoms with E-state index in [2.05, 4.69) is 10.2 Å². The summed E-state index contributed by atoms with van der Waals surface area (Å²) in [6, 6.07) is 19.2. The fraction of sp³-hybridized carbons (Fsp3) is 0.0625. The van der Waals surface area contributed by atoms with Gasteiger partial charge in [0.2, 0.25) is 5.91 Å². The highest BCUT2D eigenvalue weighted by atomic mass is 32.2. The van der Waals surface area contributed by atoms with Crippen molar-refractivity contribution in [3.8, 4) is 5.69 Å². The zero-order valence-corrected chi connectivity index (χ0v) is 12.5. The SMILES string of the molecule is NC(=O)C(Sc1nncn1-c1ccccc1)c1ccccc1. The normalized spacial score (nSPS) is 12.0. The molecule has 0 radical (unpaired) electrons. The molecule has 0 aliphatic rings.